The van der Waals surface area contributed by atoms with E-state index in [4.69, 9.17) is 9.47 Å². The molecule has 0 radical (unpaired) electrons. The molecule has 7 nitrogen and oxygen atoms in total. The number of halogens is 1. The van der Waals surface area contributed by atoms with E-state index in [1.54, 1.807) is 37.9 Å². The van der Waals surface area contributed by atoms with Crippen LogP contribution in [0.4, 0.5) is 5.69 Å². The van der Waals surface area contributed by atoms with Gasteiger partial charge in [-0.2, -0.15) is 0 Å². The average Bonchev–Trinajstić information content (AvgIpc) is 2.89. The van der Waals surface area contributed by atoms with Crippen molar-refractivity contribution in [2.24, 2.45) is 12.5 Å². The number of aryl methyl sites for hydroxylation is 1. The zero-order chi connectivity index (χ0) is 16.9. The summed E-state index contributed by atoms with van der Waals surface area (Å²) in [7, 11) is 3.36. The highest BCUT2D eigenvalue weighted by atomic mass is 35.5. The van der Waals surface area contributed by atoms with Crippen LogP contribution in [-0.2, 0) is 21.3 Å². The monoisotopic (exact) mass is 359 g/mol. The van der Waals surface area contributed by atoms with Gasteiger partial charge in [-0.3, -0.25) is 4.79 Å². The predicted octanol–water partition coefficient (Wildman–Crippen LogP) is 1.58. The molecular weight excluding hydrogens is 334 g/mol. The Morgan fingerprint density at radius 1 is 1.38 bits per heavy atom. The van der Waals surface area contributed by atoms with Gasteiger partial charge in [-0.1, -0.05) is 0 Å². The van der Waals surface area contributed by atoms with Gasteiger partial charge in [0, 0.05) is 20.4 Å². The third-order valence-corrected chi connectivity index (χ3v) is 4.21. The van der Waals surface area contributed by atoms with Crippen LogP contribution in [0.15, 0.2) is 12.3 Å². The Hall–Kier alpha value is -1.57. The van der Waals surface area contributed by atoms with E-state index in [0.29, 0.717) is 24.6 Å². The predicted molar refractivity (Wildman–Crippen MR) is 93.7 cm³/mol. The summed E-state index contributed by atoms with van der Waals surface area (Å²) in [6.07, 6.45) is 3.17. The van der Waals surface area contributed by atoms with Crippen molar-refractivity contribution in [1.29, 1.82) is 0 Å². The molecule has 2 heterocycles. The molecular formula is C16H26ClN3O4. The number of anilines is 1. The van der Waals surface area contributed by atoms with Crippen molar-refractivity contribution in [1.82, 2.24) is 9.88 Å². The van der Waals surface area contributed by atoms with Crippen LogP contribution in [-0.4, -0.2) is 49.9 Å². The number of rotatable bonds is 6. The first kappa shape index (κ1) is 20.5. The Morgan fingerprint density at radius 3 is 2.62 bits per heavy atom. The number of carbonyl (C=O) groups is 2. The minimum atomic E-state index is -0.528. The molecule has 1 aromatic rings. The number of ether oxygens (including phenoxy) is 2. The molecule has 1 aromatic heterocycles. The summed E-state index contributed by atoms with van der Waals surface area (Å²) in [5.74, 6) is -0.467. The molecule has 0 saturated carbocycles. The minimum Gasteiger partial charge on any atom is -0.461 e. The second-order valence-electron chi connectivity index (χ2n) is 5.86. The van der Waals surface area contributed by atoms with Gasteiger partial charge in [0.05, 0.1) is 24.3 Å². The maximum Gasteiger partial charge on any atom is 0.355 e. The number of hydrogen-bond donors (Lipinski definition) is 2. The second kappa shape index (κ2) is 9.05. The van der Waals surface area contributed by atoms with E-state index in [-0.39, 0.29) is 18.3 Å². The van der Waals surface area contributed by atoms with Gasteiger partial charge in [0.25, 0.3) is 0 Å². The molecule has 0 aromatic carbocycles. The lowest BCUT2D eigenvalue weighted by molar-refractivity contribution is -0.130. The number of nitrogens with one attached hydrogen (secondary N) is 2. The molecule has 1 aliphatic rings. The average molecular weight is 360 g/mol. The van der Waals surface area contributed by atoms with Crippen LogP contribution in [0.25, 0.3) is 0 Å². The molecule has 0 unspecified atom stereocenters. The van der Waals surface area contributed by atoms with Gasteiger partial charge in [-0.05, 0) is 38.9 Å². The van der Waals surface area contributed by atoms with Gasteiger partial charge in [-0.25, -0.2) is 4.79 Å². The SMILES string of the molecule is CCOC(=O)c1cc(NC(=O)C2(COC)CCNCC2)cn1C.Cl. The smallest absolute Gasteiger partial charge is 0.355 e. The number of hydrogen-bond acceptors (Lipinski definition) is 5. The van der Waals surface area contributed by atoms with E-state index in [9.17, 15) is 9.59 Å². The summed E-state index contributed by atoms with van der Waals surface area (Å²) in [4.78, 5) is 24.6. The van der Waals surface area contributed by atoms with Crippen LogP contribution in [0.3, 0.4) is 0 Å². The second-order valence-corrected chi connectivity index (χ2v) is 5.86. The lowest BCUT2D eigenvalue weighted by Gasteiger charge is -2.35. The fourth-order valence-corrected chi connectivity index (χ4v) is 2.92. The number of nitrogens with zero attached hydrogens (tertiary/aromatic N) is 1. The van der Waals surface area contributed by atoms with Gasteiger partial charge in [0.15, 0.2) is 0 Å². The quantitative estimate of drug-likeness (QED) is 0.754. The first-order valence-electron chi connectivity index (χ1n) is 7.87. The molecule has 8 heteroatoms. The first-order valence-corrected chi connectivity index (χ1v) is 7.87. The van der Waals surface area contributed by atoms with E-state index < -0.39 is 11.4 Å². The van der Waals surface area contributed by atoms with Gasteiger partial charge in [0.2, 0.25) is 5.91 Å². The zero-order valence-electron chi connectivity index (χ0n) is 14.4. The largest absolute Gasteiger partial charge is 0.461 e. The van der Waals surface area contributed by atoms with Crippen molar-refractivity contribution >= 4 is 30.0 Å². The van der Waals surface area contributed by atoms with Crippen LogP contribution in [0.1, 0.15) is 30.3 Å². The highest BCUT2D eigenvalue weighted by Crippen LogP contribution is 2.31. The Morgan fingerprint density at radius 2 is 2.04 bits per heavy atom. The fourth-order valence-electron chi connectivity index (χ4n) is 2.92. The van der Waals surface area contributed by atoms with Crippen molar-refractivity contribution in [3.63, 3.8) is 0 Å². The molecule has 136 valence electrons. The number of amides is 1. The van der Waals surface area contributed by atoms with Crippen LogP contribution >= 0.6 is 12.4 Å². The number of esters is 1. The number of methoxy groups -OCH3 is 1. The van der Waals surface area contributed by atoms with Crippen molar-refractivity contribution in [3.8, 4) is 0 Å². The minimum absolute atomic E-state index is 0. The van der Waals surface area contributed by atoms with E-state index in [2.05, 4.69) is 10.6 Å². The third-order valence-electron chi connectivity index (χ3n) is 4.21. The highest BCUT2D eigenvalue weighted by Gasteiger charge is 2.39. The Labute approximate surface area is 148 Å². The van der Waals surface area contributed by atoms with Crippen LogP contribution in [0.5, 0.6) is 0 Å². The maximum absolute atomic E-state index is 12.8. The van der Waals surface area contributed by atoms with Gasteiger partial charge in [-0.15, -0.1) is 12.4 Å². The van der Waals surface area contributed by atoms with Crippen LogP contribution in [0, 0.1) is 5.41 Å². The summed E-state index contributed by atoms with van der Waals surface area (Å²) in [6.45, 7) is 4.04. The van der Waals surface area contributed by atoms with Crippen LogP contribution in [0.2, 0.25) is 0 Å². The summed E-state index contributed by atoms with van der Waals surface area (Å²) in [5, 5.41) is 6.18. The number of piperidine rings is 1. The molecule has 0 spiro atoms. The molecule has 1 saturated heterocycles. The molecule has 0 atom stereocenters. The molecule has 0 aliphatic carbocycles. The van der Waals surface area contributed by atoms with Crippen molar-refractivity contribution in [2.45, 2.75) is 19.8 Å². The highest BCUT2D eigenvalue weighted by molar-refractivity contribution is 5.97. The standard InChI is InChI=1S/C16H25N3O4.ClH/c1-4-23-14(20)13-9-12(10-19(13)2)18-15(21)16(11-22-3)5-7-17-8-6-16;/h9-10,17H,4-8,11H2,1-3H3,(H,18,21);1H. The number of aromatic nitrogens is 1. The van der Waals surface area contributed by atoms with Crippen molar-refractivity contribution in [2.75, 3.05) is 38.7 Å². The van der Waals surface area contributed by atoms with Crippen LogP contribution < -0.4 is 10.6 Å². The van der Waals surface area contributed by atoms with E-state index in [0.717, 1.165) is 25.9 Å². The van der Waals surface area contributed by atoms with E-state index in [1.807, 2.05) is 0 Å². The number of carbonyl (C=O) groups excluding carboxylic acids is 2. The lowest BCUT2D eigenvalue weighted by Crippen LogP contribution is -2.47. The van der Waals surface area contributed by atoms with E-state index in [1.165, 1.54) is 0 Å². The van der Waals surface area contributed by atoms with Gasteiger partial charge >= 0.3 is 5.97 Å². The maximum atomic E-state index is 12.8. The lowest BCUT2D eigenvalue weighted by atomic mass is 9.78. The third kappa shape index (κ3) is 4.49. The molecule has 2 rings (SSSR count). The summed E-state index contributed by atoms with van der Waals surface area (Å²) >= 11 is 0. The summed E-state index contributed by atoms with van der Waals surface area (Å²) in [5.41, 5.74) is 0.475. The molecule has 2 N–H and O–H groups in total. The topological polar surface area (TPSA) is 81.6 Å². The Kier molecular flexibility index (Phi) is 7.72. The normalized spacial score (nSPS) is 16.1. The van der Waals surface area contributed by atoms with Crippen molar-refractivity contribution in [3.05, 3.63) is 18.0 Å². The molecule has 24 heavy (non-hydrogen) atoms. The molecule has 1 aliphatic heterocycles. The van der Waals surface area contributed by atoms with Crippen molar-refractivity contribution < 1.29 is 19.1 Å². The Bertz CT molecular complexity index is 562. The summed E-state index contributed by atoms with van der Waals surface area (Å²) < 4.78 is 11.9. The van der Waals surface area contributed by atoms with Gasteiger partial charge < -0.3 is 24.7 Å². The van der Waals surface area contributed by atoms with Gasteiger partial charge in [0.1, 0.15) is 5.69 Å². The molecule has 0 bridgehead atoms. The Balaban J connectivity index is 0.00000288. The zero-order valence-corrected chi connectivity index (χ0v) is 15.2. The molecule has 1 amide bonds. The fraction of sp³-hybridized carbons (Fsp3) is 0.625. The van der Waals surface area contributed by atoms with E-state index >= 15 is 0 Å². The molecule has 1 fully saturated rings. The summed E-state index contributed by atoms with van der Waals surface area (Å²) in [6, 6.07) is 1.64. The first-order chi connectivity index (χ1) is 11.0.